The lowest BCUT2D eigenvalue weighted by Gasteiger charge is -2.35. The molecule has 0 fully saturated rings. The van der Waals surface area contributed by atoms with Crippen molar-refractivity contribution in [3.8, 4) is 0 Å². The molecule has 456 valence electrons. The Bertz CT molecular complexity index is 914. The van der Waals surface area contributed by atoms with Gasteiger partial charge in [0.15, 0.2) is 0 Å². The lowest BCUT2D eigenvalue weighted by atomic mass is 10.0. The van der Waals surface area contributed by atoms with Crippen LogP contribution in [0.25, 0.3) is 0 Å². The largest absolute Gasteiger partial charge is 0.323 e. The van der Waals surface area contributed by atoms with Crippen LogP contribution in [0.3, 0.4) is 0 Å². The van der Waals surface area contributed by atoms with E-state index in [4.69, 9.17) is 0 Å². The third-order valence-corrected chi connectivity index (χ3v) is 18.5. The number of hydrogen-bond donors (Lipinski definition) is 0. The predicted octanol–water partition coefficient (Wildman–Crippen LogP) is 25.9. The van der Waals surface area contributed by atoms with Crippen molar-refractivity contribution in [3.63, 3.8) is 0 Å². The Labute approximate surface area is 485 Å². The van der Waals surface area contributed by atoms with Crippen molar-refractivity contribution < 1.29 is 8.97 Å². The summed E-state index contributed by atoms with van der Waals surface area (Å²) >= 11 is 0. The molecule has 0 atom stereocenters. The summed E-state index contributed by atoms with van der Waals surface area (Å²) in [7, 11) is 5.27. The Morgan fingerprint density at radius 3 is 0.382 bits per heavy atom. The Morgan fingerprint density at radius 1 is 0.158 bits per heavy atom. The summed E-state index contributed by atoms with van der Waals surface area (Å²) in [6.07, 6.45) is 92.9. The standard InChI is InChI=1S/C74H152N2/c1-7-11-15-19-23-27-31-35-39-43-47-51-55-59-63-69-75(5,70-64-60-56-52-48-44-40-36-32-28-24-20-16-12-8-2)73-67-68-74-76(6,71-65-61-57-53-49-45-41-37-33-29-25-21-17-13-9-3)72-66-62-58-54-50-46-42-38-34-30-26-22-18-14-10-4/h67-68H,7-66,69-74H2,1-6H3/q+2. The van der Waals surface area contributed by atoms with Gasteiger partial charge in [-0.1, -0.05) is 362 Å². The molecule has 2 nitrogen and oxygen atoms in total. The quantitative estimate of drug-likeness (QED) is 0.0324. The summed E-state index contributed by atoms with van der Waals surface area (Å²) in [4.78, 5) is 0. The van der Waals surface area contributed by atoms with Gasteiger partial charge in [-0.2, -0.15) is 0 Å². The first kappa shape index (κ1) is 75.7. The zero-order valence-corrected chi connectivity index (χ0v) is 54.7. The molecule has 0 saturated carbocycles. The van der Waals surface area contributed by atoms with Crippen LogP contribution >= 0.6 is 0 Å². The number of nitrogens with zero attached hydrogens (tertiary/aromatic N) is 2. The number of quaternary nitrogens is 2. The Hall–Kier alpha value is -0.340. The lowest BCUT2D eigenvalue weighted by Crippen LogP contribution is -2.47. The van der Waals surface area contributed by atoms with E-state index in [1.807, 2.05) is 0 Å². The summed E-state index contributed by atoms with van der Waals surface area (Å²) in [5, 5.41) is 0. The van der Waals surface area contributed by atoms with Crippen LogP contribution in [0.2, 0.25) is 0 Å². The fraction of sp³-hybridized carbons (Fsp3) is 0.973. The maximum atomic E-state index is 2.67. The van der Waals surface area contributed by atoms with E-state index in [1.165, 1.54) is 433 Å². The Morgan fingerprint density at radius 2 is 0.263 bits per heavy atom. The topological polar surface area (TPSA) is 0 Å². The molecule has 0 aromatic heterocycles. The summed E-state index contributed by atoms with van der Waals surface area (Å²) < 4.78 is 2.55. The van der Waals surface area contributed by atoms with E-state index in [1.54, 1.807) is 0 Å². The van der Waals surface area contributed by atoms with Crippen molar-refractivity contribution in [2.24, 2.45) is 0 Å². The molecule has 0 aliphatic rings. The van der Waals surface area contributed by atoms with Gasteiger partial charge in [0, 0.05) is 0 Å². The predicted molar refractivity (Wildman–Crippen MR) is 350 cm³/mol. The summed E-state index contributed by atoms with van der Waals surface area (Å²) in [5.41, 5.74) is 0. The summed E-state index contributed by atoms with van der Waals surface area (Å²) in [6, 6.07) is 0. The Balaban J connectivity index is 5.04. The van der Waals surface area contributed by atoms with E-state index in [0.29, 0.717) is 0 Å². The highest BCUT2D eigenvalue weighted by Crippen LogP contribution is 2.21. The third kappa shape index (κ3) is 59.8. The van der Waals surface area contributed by atoms with E-state index in [2.05, 4.69) is 53.9 Å². The molecule has 2 heteroatoms. The monoisotopic (exact) mass is 1070 g/mol. The lowest BCUT2D eigenvalue weighted by molar-refractivity contribution is -0.906. The van der Waals surface area contributed by atoms with E-state index in [9.17, 15) is 0 Å². The fourth-order valence-electron chi connectivity index (χ4n) is 12.7. The van der Waals surface area contributed by atoms with E-state index < -0.39 is 0 Å². The second kappa shape index (κ2) is 63.8. The highest BCUT2D eigenvalue weighted by atomic mass is 15.3. The number of likely N-dealkylation sites (N-methyl/N-ethyl adjacent to an activating group) is 2. The first-order chi connectivity index (χ1) is 37.4. The van der Waals surface area contributed by atoms with Gasteiger partial charge in [0.25, 0.3) is 0 Å². The van der Waals surface area contributed by atoms with E-state index in [-0.39, 0.29) is 0 Å². The second-order valence-corrected chi connectivity index (χ2v) is 26.8. The van der Waals surface area contributed by atoms with Crippen LogP contribution in [0, 0.1) is 0 Å². The summed E-state index contributed by atoms with van der Waals surface area (Å²) in [6.45, 7) is 17.3. The molecule has 0 aliphatic heterocycles. The van der Waals surface area contributed by atoms with Crippen LogP contribution in [0.1, 0.15) is 413 Å². The summed E-state index contributed by atoms with van der Waals surface area (Å²) in [5.74, 6) is 0. The van der Waals surface area contributed by atoms with Gasteiger partial charge in [0.05, 0.1) is 53.4 Å². The molecular weight excluding hydrogens is 917 g/mol. The highest BCUT2D eigenvalue weighted by molar-refractivity contribution is 4.82. The van der Waals surface area contributed by atoms with Gasteiger partial charge in [0.1, 0.15) is 0 Å². The molecule has 0 aliphatic carbocycles. The average molecular weight is 1070 g/mol. The highest BCUT2D eigenvalue weighted by Gasteiger charge is 2.22. The first-order valence-corrected chi connectivity index (χ1v) is 36.8. The van der Waals surface area contributed by atoms with E-state index in [0.717, 1.165) is 0 Å². The van der Waals surface area contributed by atoms with E-state index >= 15 is 0 Å². The molecule has 0 aromatic rings. The molecule has 0 radical (unpaired) electrons. The fourth-order valence-corrected chi connectivity index (χ4v) is 12.7. The SMILES string of the molecule is CCCCCCCCCCCCCCCCC[N+](C)(CC=CC[N+](C)(CCCCCCCCCCCCCCCCC)CCCCCCCCCCCCCCCCC)CCCCCCCCCCCCCCCCC. The molecule has 76 heavy (non-hydrogen) atoms. The van der Waals surface area contributed by atoms with Gasteiger partial charge in [0.2, 0.25) is 0 Å². The van der Waals surface area contributed by atoms with Crippen LogP contribution in [0.15, 0.2) is 12.2 Å². The first-order valence-electron chi connectivity index (χ1n) is 36.8. The van der Waals surface area contributed by atoms with Crippen LogP contribution < -0.4 is 0 Å². The van der Waals surface area contributed by atoms with Crippen molar-refractivity contribution in [1.29, 1.82) is 0 Å². The maximum absolute atomic E-state index is 2.67. The molecular formula is C74H152N2+2. The van der Waals surface area contributed by atoms with Gasteiger partial charge >= 0.3 is 0 Å². The number of hydrogen-bond acceptors (Lipinski definition) is 0. The van der Waals surface area contributed by atoms with Gasteiger partial charge in [-0.05, 0) is 63.5 Å². The molecule has 0 bridgehead atoms. The van der Waals surface area contributed by atoms with Crippen molar-refractivity contribution in [2.75, 3.05) is 53.4 Å². The van der Waals surface area contributed by atoms with Crippen LogP contribution in [0.4, 0.5) is 0 Å². The van der Waals surface area contributed by atoms with Crippen molar-refractivity contribution >= 4 is 0 Å². The minimum absolute atomic E-state index is 1.25. The van der Waals surface area contributed by atoms with Gasteiger partial charge in [-0.25, -0.2) is 0 Å². The maximum Gasteiger partial charge on any atom is 0.0973 e. The molecule has 0 spiro atoms. The van der Waals surface area contributed by atoms with Crippen molar-refractivity contribution in [2.45, 2.75) is 413 Å². The molecule has 0 rings (SSSR count). The van der Waals surface area contributed by atoms with Crippen molar-refractivity contribution in [3.05, 3.63) is 12.2 Å². The van der Waals surface area contributed by atoms with Crippen molar-refractivity contribution in [1.82, 2.24) is 0 Å². The molecule has 0 unspecified atom stereocenters. The van der Waals surface area contributed by atoms with Crippen LogP contribution in [-0.2, 0) is 0 Å². The van der Waals surface area contributed by atoms with Crippen LogP contribution in [-0.4, -0.2) is 62.3 Å². The molecule has 0 N–H and O–H groups in total. The molecule has 0 aromatic carbocycles. The molecule has 0 amide bonds. The number of unbranched alkanes of at least 4 members (excludes halogenated alkanes) is 56. The smallest absolute Gasteiger partial charge is 0.0973 e. The van der Waals surface area contributed by atoms with Gasteiger partial charge in [-0.3, -0.25) is 0 Å². The van der Waals surface area contributed by atoms with Crippen LogP contribution in [0.5, 0.6) is 0 Å². The second-order valence-electron chi connectivity index (χ2n) is 26.8. The van der Waals surface area contributed by atoms with Gasteiger partial charge in [-0.15, -0.1) is 0 Å². The Kier molecular flexibility index (Phi) is 63.6. The normalized spacial score (nSPS) is 12.3. The molecule has 0 saturated heterocycles. The minimum atomic E-state index is 1.25. The number of rotatable bonds is 68. The molecule has 0 heterocycles. The zero-order valence-electron chi connectivity index (χ0n) is 54.7. The minimum Gasteiger partial charge on any atom is -0.323 e. The zero-order chi connectivity index (χ0) is 55.1. The van der Waals surface area contributed by atoms with Gasteiger partial charge < -0.3 is 8.97 Å². The average Bonchev–Trinajstić information content (AvgIpc) is 3.42. The third-order valence-electron chi connectivity index (χ3n) is 18.5.